The summed E-state index contributed by atoms with van der Waals surface area (Å²) in [7, 11) is -2.43. The first-order valence-electron chi connectivity index (χ1n) is 12.0. The van der Waals surface area contributed by atoms with Crippen LogP contribution in [-0.4, -0.2) is 35.9 Å². The van der Waals surface area contributed by atoms with Gasteiger partial charge >= 0.3 is 0 Å². The molecule has 194 valence electrons. The van der Waals surface area contributed by atoms with Gasteiger partial charge in [-0.05, 0) is 74.4 Å². The molecule has 0 saturated carbocycles. The van der Waals surface area contributed by atoms with E-state index in [9.17, 15) is 13.2 Å². The summed E-state index contributed by atoms with van der Waals surface area (Å²) in [4.78, 5) is 18.7. The van der Waals surface area contributed by atoms with Gasteiger partial charge in [-0.2, -0.15) is 4.31 Å². The molecule has 4 aromatic rings. The van der Waals surface area contributed by atoms with Crippen molar-refractivity contribution in [2.24, 2.45) is 5.92 Å². The Morgan fingerprint density at radius 2 is 1.65 bits per heavy atom. The Balaban J connectivity index is 1.96. The van der Waals surface area contributed by atoms with E-state index in [2.05, 4.69) is 0 Å². The second-order valence-electron chi connectivity index (χ2n) is 9.43. The molecule has 0 N–H and O–H groups in total. The van der Waals surface area contributed by atoms with Crippen LogP contribution in [0.1, 0.15) is 38.2 Å². The van der Waals surface area contributed by atoms with Gasteiger partial charge in [0.25, 0.3) is 5.56 Å². The zero-order valence-electron chi connectivity index (χ0n) is 21.5. The highest BCUT2D eigenvalue weighted by molar-refractivity contribution is 7.89. The summed E-state index contributed by atoms with van der Waals surface area (Å²) < 4.78 is 35.9. The van der Waals surface area contributed by atoms with E-state index in [4.69, 9.17) is 21.3 Å². The second kappa shape index (κ2) is 10.7. The van der Waals surface area contributed by atoms with Gasteiger partial charge in [0.2, 0.25) is 10.0 Å². The summed E-state index contributed by atoms with van der Waals surface area (Å²) in [6, 6.07) is 17.9. The molecule has 0 amide bonds. The molecule has 3 aromatic carbocycles. The van der Waals surface area contributed by atoms with Crippen LogP contribution in [0, 0.1) is 12.8 Å². The fourth-order valence-electron chi connectivity index (χ4n) is 4.24. The number of sulfonamides is 1. The van der Waals surface area contributed by atoms with E-state index in [-0.39, 0.29) is 22.9 Å². The molecule has 7 nitrogen and oxygen atoms in total. The number of hydrogen-bond acceptors (Lipinski definition) is 5. The molecule has 0 bridgehead atoms. The molecule has 0 saturated heterocycles. The zero-order chi connectivity index (χ0) is 26.9. The van der Waals surface area contributed by atoms with Crippen LogP contribution >= 0.6 is 11.6 Å². The highest BCUT2D eigenvalue weighted by atomic mass is 35.5. The maximum atomic E-state index is 13.9. The molecule has 0 radical (unpaired) electrons. The van der Waals surface area contributed by atoms with Crippen LogP contribution in [0.2, 0.25) is 5.02 Å². The minimum absolute atomic E-state index is 0.0184. The van der Waals surface area contributed by atoms with Crippen molar-refractivity contribution in [1.82, 2.24) is 13.9 Å². The number of ether oxygens (including phenoxy) is 1. The van der Waals surface area contributed by atoms with Gasteiger partial charge < -0.3 is 4.74 Å². The molecule has 0 aliphatic heterocycles. The molecule has 1 unspecified atom stereocenters. The number of halogens is 1. The lowest BCUT2D eigenvalue weighted by Gasteiger charge is -2.31. The van der Waals surface area contributed by atoms with Crippen molar-refractivity contribution in [3.63, 3.8) is 0 Å². The standard InChI is InChI=1S/C28H30ClN3O4S/c1-18(2)17-31(37(34,35)24-13-11-23(36-5)12-14-24)20(4)27-30-26-16-21(29)8-15-25(26)28(33)32(27)22-9-6-19(3)7-10-22/h6-16,18,20H,17H2,1-5H3. The maximum absolute atomic E-state index is 13.9. The van der Waals surface area contributed by atoms with Crippen LogP contribution in [0.4, 0.5) is 0 Å². The molecule has 0 fully saturated rings. The highest BCUT2D eigenvalue weighted by Gasteiger charge is 2.33. The van der Waals surface area contributed by atoms with E-state index in [1.54, 1.807) is 37.3 Å². The van der Waals surface area contributed by atoms with Crippen molar-refractivity contribution < 1.29 is 13.2 Å². The largest absolute Gasteiger partial charge is 0.497 e. The molecule has 1 heterocycles. The summed E-state index contributed by atoms with van der Waals surface area (Å²) >= 11 is 6.22. The van der Waals surface area contributed by atoms with Gasteiger partial charge in [0, 0.05) is 11.6 Å². The number of benzene rings is 3. The predicted molar refractivity (Wildman–Crippen MR) is 147 cm³/mol. The Morgan fingerprint density at radius 3 is 2.24 bits per heavy atom. The van der Waals surface area contributed by atoms with Crippen LogP contribution in [0.25, 0.3) is 16.6 Å². The third kappa shape index (κ3) is 5.42. The highest BCUT2D eigenvalue weighted by Crippen LogP contribution is 2.30. The number of hydrogen-bond donors (Lipinski definition) is 0. The predicted octanol–water partition coefficient (Wildman–Crippen LogP) is 5.76. The second-order valence-corrected chi connectivity index (χ2v) is 11.8. The summed E-state index contributed by atoms with van der Waals surface area (Å²) in [5.41, 5.74) is 1.76. The maximum Gasteiger partial charge on any atom is 0.266 e. The Morgan fingerprint density at radius 1 is 1.00 bits per heavy atom. The molecular formula is C28H30ClN3O4S. The van der Waals surface area contributed by atoms with Gasteiger partial charge in [0.05, 0.1) is 34.6 Å². The molecule has 1 aromatic heterocycles. The summed E-state index contributed by atoms with van der Waals surface area (Å²) in [6.45, 7) is 7.84. The number of fused-ring (bicyclic) bond motifs is 1. The Kier molecular flexibility index (Phi) is 7.73. The van der Waals surface area contributed by atoms with Crippen LogP contribution in [0.5, 0.6) is 5.75 Å². The Hall–Kier alpha value is -3.20. The monoisotopic (exact) mass is 539 g/mol. The summed E-state index contributed by atoms with van der Waals surface area (Å²) in [5, 5.41) is 0.838. The van der Waals surface area contributed by atoms with Crippen LogP contribution in [0.15, 0.2) is 76.4 Å². The Bertz CT molecular complexity index is 1580. The van der Waals surface area contributed by atoms with Crippen molar-refractivity contribution >= 4 is 32.5 Å². The number of methoxy groups -OCH3 is 1. The lowest BCUT2D eigenvalue weighted by molar-refractivity contribution is 0.296. The van der Waals surface area contributed by atoms with Crippen LogP contribution < -0.4 is 10.3 Å². The van der Waals surface area contributed by atoms with E-state index in [1.165, 1.54) is 28.1 Å². The fraction of sp³-hybridized carbons (Fsp3) is 0.286. The van der Waals surface area contributed by atoms with E-state index < -0.39 is 16.1 Å². The molecule has 1 atom stereocenters. The minimum Gasteiger partial charge on any atom is -0.497 e. The van der Waals surface area contributed by atoms with Crippen molar-refractivity contribution in [3.8, 4) is 11.4 Å². The third-order valence-corrected chi connectivity index (χ3v) is 8.35. The lowest BCUT2D eigenvalue weighted by atomic mass is 10.1. The smallest absolute Gasteiger partial charge is 0.266 e. The quantitative estimate of drug-likeness (QED) is 0.284. The molecule has 9 heteroatoms. The van der Waals surface area contributed by atoms with E-state index in [0.29, 0.717) is 33.2 Å². The van der Waals surface area contributed by atoms with Crippen molar-refractivity contribution in [3.05, 3.63) is 93.5 Å². The van der Waals surface area contributed by atoms with Gasteiger partial charge in [-0.25, -0.2) is 13.4 Å². The minimum atomic E-state index is -3.95. The number of rotatable bonds is 8. The van der Waals surface area contributed by atoms with Gasteiger partial charge in [-0.3, -0.25) is 9.36 Å². The first-order chi connectivity index (χ1) is 17.5. The average Bonchev–Trinajstić information content (AvgIpc) is 2.87. The fourth-order valence-corrected chi connectivity index (χ4v) is 6.16. The van der Waals surface area contributed by atoms with Gasteiger partial charge in [0.1, 0.15) is 11.6 Å². The average molecular weight is 540 g/mol. The molecule has 0 spiro atoms. The van der Waals surface area contributed by atoms with E-state index in [1.807, 2.05) is 45.0 Å². The number of nitrogens with zero attached hydrogens (tertiary/aromatic N) is 3. The topological polar surface area (TPSA) is 81.5 Å². The molecular weight excluding hydrogens is 510 g/mol. The first kappa shape index (κ1) is 26.9. The van der Waals surface area contributed by atoms with Crippen molar-refractivity contribution in [2.45, 2.75) is 38.6 Å². The van der Waals surface area contributed by atoms with Gasteiger partial charge in [-0.1, -0.05) is 43.1 Å². The summed E-state index contributed by atoms with van der Waals surface area (Å²) in [6.07, 6.45) is 0. The lowest BCUT2D eigenvalue weighted by Crippen LogP contribution is -2.39. The van der Waals surface area contributed by atoms with Gasteiger partial charge in [-0.15, -0.1) is 0 Å². The molecule has 4 rings (SSSR count). The number of aromatic nitrogens is 2. The SMILES string of the molecule is COc1ccc(S(=O)(=O)N(CC(C)C)C(C)c2nc3cc(Cl)ccc3c(=O)n2-c2ccc(C)cc2)cc1. The Labute approximate surface area is 222 Å². The summed E-state index contributed by atoms with van der Waals surface area (Å²) in [5.74, 6) is 0.884. The molecule has 37 heavy (non-hydrogen) atoms. The first-order valence-corrected chi connectivity index (χ1v) is 13.8. The van der Waals surface area contributed by atoms with E-state index >= 15 is 0 Å². The van der Waals surface area contributed by atoms with Crippen molar-refractivity contribution in [2.75, 3.05) is 13.7 Å². The zero-order valence-corrected chi connectivity index (χ0v) is 23.0. The van der Waals surface area contributed by atoms with Crippen molar-refractivity contribution in [1.29, 1.82) is 0 Å². The molecule has 0 aliphatic rings. The molecule has 0 aliphatic carbocycles. The number of aryl methyl sites for hydroxylation is 1. The van der Waals surface area contributed by atoms with E-state index in [0.717, 1.165) is 5.56 Å². The van der Waals surface area contributed by atoms with Crippen LogP contribution in [0.3, 0.4) is 0 Å². The normalized spacial score (nSPS) is 12.9. The van der Waals surface area contributed by atoms with Crippen LogP contribution in [-0.2, 0) is 10.0 Å². The third-order valence-electron chi connectivity index (χ3n) is 6.17. The van der Waals surface area contributed by atoms with Gasteiger partial charge in [0.15, 0.2) is 0 Å².